The van der Waals surface area contributed by atoms with Crippen LogP contribution in [-0.4, -0.2) is 10.7 Å². The highest BCUT2D eigenvalue weighted by Crippen LogP contribution is 2.52. The molecule has 0 radical (unpaired) electrons. The van der Waals surface area contributed by atoms with Crippen LogP contribution in [0.3, 0.4) is 0 Å². The topological polar surface area (TPSA) is 12.5 Å². The minimum atomic E-state index is -0.340. The third kappa shape index (κ3) is 0.652. The number of rotatable bonds is 1. The van der Waals surface area contributed by atoms with E-state index in [0.29, 0.717) is 0 Å². The van der Waals surface area contributed by atoms with E-state index >= 15 is 0 Å². The minimum absolute atomic E-state index is 0.0801. The molecular weight excluding hydrogens is 124 g/mol. The molecular formula is C6H11ClO. The summed E-state index contributed by atoms with van der Waals surface area (Å²) in [7, 11) is 0. The average molecular weight is 135 g/mol. The van der Waals surface area contributed by atoms with Gasteiger partial charge in [-0.1, -0.05) is 18.5 Å². The van der Waals surface area contributed by atoms with Gasteiger partial charge in [-0.15, -0.1) is 0 Å². The lowest BCUT2D eigenvalue weighted by atomic mass is 10.1. The quantitative estimate of drug-likeness (QED) is 0.396. The summed E-state index contributed by atoms with van der Waals surface area (Å²) in [6.07, 6.45) is 0.890. The van der Waals surface area contributed by atoms with Crippen molar-refractivity contribution < 1.29 is 4.74 Å². The molecule has 1 fully saturated rings. The van der Waals surface area contributed by atoms with E-state index in [1.54, 1.807) is 0 Å². The summed E-state index contributed by atoms with van der Waals surface area (Å²) in [6.45, 7) is 6.04. The third-order valence-corrected chi connectivity index (χ3v) is 2.53. The van der Waals surface area contributed by atoms with Crippen molar-refractivity contribution in [3.05, 3.63) is 0 Å². The molecule has 0 aromatic heterocycles. The van der Waals surface area contributed by atoms with Crippen LogP contribution in [0.5, 0.6) is 0 Å². The van der Waals surface area contributed by atoms with Gasteiger partial charge in [-0.05, 0) is 20.3 Å². The van der Waals surface area contributed by atoms with Gasteiger partial charge in [0, 0.05) is 0 Å². The van der Waals surface area contributed by atoms with Crippen LogP contribution in [0.25, 0.3) is 0 Å². The smallest absolute Gasteiger partial charge is 0.170 e. The van der Waals surface area contributed by atoms with E-state index in [-0.39, 0.29) is 10.7 Å². The van der Waals surface area contributed by atoms with Crippen LogP contribution in [-0.2, 0) is 4.74 Å². The second-order valence-corrected chi connectivity index (χ2v) is 3.30. The summed E-state index contributed by atoms with van der Waals surface area (Å²) >= 11 is 5.90. The van der Waals surface area contributed by atoms with E-state index in [4.69, 9.17) is 16.3 Å². The van der Waals surface area contributed by atoms with Crippen LogP contribution in [0.4, 0.5) is 0 Å². The van der Waals surface area contributed by atoms with Crippen molar-refractivity contribution in [3.63, 3.8) is 0 Å². The van der Waals surface area contributed by atoms with Crippen molar-refractivity contribution in [2.75, 3.05) is 0 Å². The molecule has 0 saturated carbocycles. The Morgan fingerprint density at radius 2 is 1.88 bits per heavy atom. The number of hydrogen-bond acceptors (Lipinski definition) is 1. The zero-order valence-electron chi connectivity index (χ0n) is 5.49. The van der Waals surface area contributed by atoms with Gasteiger partial charge >= 0.3 is 0 Å². The normalized spacial score (nSPS) is 42.0. The van der Waals surface area contributed by atoms with Crippen LogP contribution in [0.15, 0.2) is 0 Å². The van der Waals surface area contributed by atoms with E-state index in [9.17, 15) is 0 Å². The molecule has 0 aromatic carbocycles. The Hall–Kier alpha value is 0.250. The van der Waals surface area contributed by atoms with Crippen molar-refractivity contribution in [2.24, 2.45) is 0 Å². The Morgan fingerprint density at radius 3 is 1.88 bits per heavy atom. The molecule has 1 saturated heterocycles. The summed E-state index contributed by atoms with van der Waals surface area (Å²) in [4.78, 5) is 0. The van der Waals surface area contributed by atoms with E-state index in [1.165, 1.54) is 0 Å². The molecule has 0 aromatic rings. The van der Waals surface area contributed by atoms with Gasteiger partial charge in [0.2, 0.25) is 0 Å². The Labute approximate surface area is 55.0 Å². The summed E-state index contributed by atoms with van der Waals surface area (Å²) in [5.74, 6) is 0. The lowest BCUT2D eigenvalue weighted by Crippen LogP contribution is -2.10. The molecule has 1 unspecified atom stereocenters. The molecule has 8 heavy (non-hydrogen) atoms. The predicted octanol–water partition coefficient (Wildman–Crippen LogP) is 2.14. The monoisotopic (exact) mass is 134 g/mol. The highest BCUT2D eigenvalue weighted by molar-refractivity contribution is 6.25. The van der Waals surface area contributed by atoms with E-state index < -0.39 is 0 Å². The van der Waals surface area contributed by atoms with Gasteiger partial charge in [-0.2, -0.15) is 0 Å². The standard InChI is InChI=1S/C6H11ClO/c1-4-6(7)5(2,3)8-6/h4H2,1-3H3. The fourth-order valence-corrected chi connectivity index (χ4v) is 1.07. The van der Waals surface area contributed by atoms with Gasteiger partial charge in [0.25, 0.3) is 0 Å². The molecule has 1 nitrogen and oxygen atoms in total. The number of ether oxygens (including phenoxy) is 1. The number of alkyl halides is 1. The Balaban J connectivity index is 2.55. The van der Waals surface area contributed by atoms with Gasteiger partial charge in [0.15, 0.2) is 5.06 Å². The van der Waals surface area contributed by atoms with Crippen LogP contribution >= 0.6 is 11.6 Å². The summed E-state index contributed by atoms with van der Waals surface area (Å²) < 4.78 is 5.21. The number of hydrogen-bond donors (Lipinski definition) is 0. The summed E-state index contributed by atoms with van der Waals surface area (Å²) in [6, 6.07) is 0. The molecule has 1 rings (SSSR count). The molecule has 1 atom stereocenters. The van der Waals surface area contributed by atoms with Crippen molar-refractivity contribution in [2.45, 2.75) is 37.9 Å². The Morgan fingerprint density at radius 1 is 1.50 bits per heavy atom. The maximum atomic E-state index is 5.90. The van der Waals surface area contributed by atoms with Crippen molar-refractivity contribution >= 4 is 11.6 Å². The first-order chi connectivity index (χ1) is 3.52. The van der Waals surface area contributed by atoms with Crippen LogP contribution in [0, 0.1) is 0 Å². The third-order valence-electron chi connectivity index (χ3n) is 1.73. The molecule has 48 valence electrons. The highest BCUT2D eigenvalue weighted by Gasteiger charge is 2.61. The molecule has 1 aliphatic heterocycles. The number of halogens is 1. The second-order valence-electron chi connectivity index (χ2n) is 2.69. The van der Waals surface area contributed by atoms with Crippen LogP contribution < -0.4 is 0 Å². The van der Waals surface area contributed by atoms with E-state index in [2.05, 4.69) is 0 Å². The fourth-order valence-electron chi connectivity index (χ4n) is 0.877. The SMILES string of the molecule is CCC1(Cl)OC1(C)C. The van der Waals surface area contributed by atoms with Gasteiger partial charge in [-0.3, -0.25) is 0 Å². The first-order valence-corrected chi connectivity index (χ1v) is 3.29. The predicted molar refractivity (Wildman–Crippen MR) is 34.0 cm³/mol. The average Bonchev–Trinajstić information content (AvgIpc) is 2.10. The first-order valence-electron chi connectivity index (χ1n) is 2.91. The van der Waals surface area contributed by atoms with Gasteiger partial charge < -0.3 is 4.74 Å². The maximum absolute atomic E-state index is 5.90. The number of epoxide rings is 1. The maximum Gasteiger partial charge on any atom is 0.170 e. The Bertz CT molecular complexity index is 111. The molecule has 2 heteroatoms. The molecule has 0 aliphatic carbocycles. The second kappa shape index (κ2) is 1.39. The largest absolute Gasteiger partial charge is 0.347 e. The molecule has 0 N–H and O–H groups in total. The molecule has 0 amide bonds. The van der Waals surface area contributed by atoms with Crippen LogP contribution in [0.2, 0.25) is 0 Å². The van der Waals surface area contributed by atoms with Crippen molar-refractivity contribution in [3.8, 4) is 0 Å². The molecule has 0 spiro atoms. The fraction of sp³-hybridized carbons (Fsp3) is 1.00. The van der Waals surface area contributed by atoms with Gasteiger partial charge in [0.05, 0.1) is 0 Å². The zero-order valence-corrected chi connectivity index (χ0v) is 6.25. The lowest BCUT2D eigenvalue weighted by Gasteiger charge is -1.98. The van der Waals surface area contributed by atoms with Crippen molar-refractivity contribution in [1.29, 1.82) is 0 Å². The van der Waals surface area contributed by atoms with Gasteiger partial charge in [0.1, 0.15) is 5.60 Å². The van der Waals surface area contributed by atoms with E-state index in [0.717, 1.165) is 6.42 Å². The molecule has 1 aliphatic rings. The van der Waals surface area contributed by atoms with Gasteiger partial charge in [-0.25, -0.2) is 0 Å². The minimum Gasteiger partial charge on any atom is -0.347 e. The molecule has 0 bridgehead atoms. The van der Waals surface area contributed by atoms with Crippen LogP contribution in [0.1, 0.15) is 27.2 Å². The zero-order chi connectivity index (χ0) is 6.41. The lowest BCUT2D eigenvalue weighted by molar-refractivity contribution is 0.310. The van der Waals surface area contributed by atoms with Crippen molar-refractivity contribution in [1.82, 2.24) is 0 Å². The Kier molecular flexibility index (Phi) is 1.11. The molecule has 1 heterocycles. The highest BCUT2D eigenvalue weighted by atomic mass is 35.5. The van der Waals surface area contributed by atoms with E-state index in [1.807, 2.05) is 20.8 Å². The summed E-state index contributed by atoms with van der Waals surface area (Å²) in [5.41, 5.74) is -0.0801. The first kappa shape index (κ1) is 6.37. The summed E-state index contributed by atoms with van der Waals surface area (Å²) in [5, 5.41) is -0.340.